The van der Waals surface area contributed by atoms with Gasteiger partial charge in [0.15, 0.2) is 11.5 Å². The second-order valence-electron chi connectivity index (χ2n) is 7.33. The number of aliphatic hydroxyl groups is 1. The zero-order chi connectivity index (χ0) is 21.8. The first kappa shape index (κ1) is 21.0. The largest absolute Gasteiger partial charge is 0.401 e. The minimum Gasteiger partial charge on any atom is -0.401 e. The first-order valence-electron chi connectivity index (χ1n) is 9.47. The zero-order valence-corrected chi connectivity index (χ0v) is 17.1. The predicted octanol–water partition coefficient (Wildman–Crippen LogP) is 1.76. The van der Waals surface area contributed by atoms with Gasteiger partial charge in [0.1, 0.15) is 6.07 Å². The van der Waals surface area contributed by atoms with Gasteiger partial charge >= 0.3 is 0 Å². The highest BCUT2D eigenvalue weighted by molar-refractivity contribution is 5.78. The number of hydrogen-bond donors (Lipinski definition) is 4. The van der Waals surface area contributed by atoms with Gasteiger partial charge in [-0.3, -0.25) is 5.01 Å². The highest BCUT2D eigenvalue weighted by atomic mass is 16.3. The number of fused-ring (bicyclic) bond motifs is 1. The lowest BCUT2D eigenvalue weighted by Gasteiger charge is -2.22. The van der Waals surface area contributed by atoms with Crippen LogP contribution in [0, 0.1) is 11.3 Å². The lowest BCUT2D eigenvalue weighted by atomic mass is 10.2. The van der Waals surface area contributed by atoms with Crippen LogP contribution in [-0.2, 0) is 0 Å². The molecule has 10 heteroatoms. The minimum atomic E-state index is -0.564. The van der Waals surface area contributed by atoms with Crippen LogP contribution in [0.25, 0.3) is 16.9 Å². The van der Waals surface area contributed by atoms with Crippen LogP contribution in [-0.4, -0.2) is 37.0 Å². The van der Waals surface area contributed by atoms with Gasteiger partial charge in [0.25, 0.3) is 0 Å². The van der Waals surface area contributed by atoms with E-state index in [1.54, 1.807) is 36.3 Å². The molecule has 1 unspecified atom stereocenters. The Morgan fingerprint density at radius 2 is 2.07 bits per heavy atom. The van der Waals surface area contributed by atoms with Crippen molar-refractivity contribution < 1.29 is 5.11 Å². The molecule has 0 fully saturated rings. The number of nitriles is 1. The Labute approximate surface area is 174 Å². The van der Waals surface area contributed by atoms with E-state index in [0.717, 1.165) is 11.1 Å². The van der Waals surface area contributed by atoms with E-state index in [-0.39, 0.29) is 6.04 Å². The monoisotopic (exact) mass is 407 g/mol. The standard InChI is InChI=1S/C20H25N9O/c1-12(2)27-17-6-19(24-10-18(17)28(23)11-16(22)4-13(3)30)29-20-15(9-26-29)5-14(7-21)8-25-20/h5-6,8-13,30H,4,22-23H2,1-3H3,(H,24,27)/b16-11-. The number of aliphatic hydroxyl groups excluding tert-OH is 1. The highest BCUT2D eigenvalue weighted by Crippen LogP contribution is 2.28. The lowest BCUT2D eigenvalue weighted by molar-refractivity contribution is 0.195. The first-order valence-corrected chi connectivity index (χ1v) is 9.47. The van der Waals surface area contributed by atoms with Gasteiger partial charge in [0.05, 0.1) is 35.4 Å². The summed E-state index contributed by atoms with van der Waals surface area (Å²) in [6, 6.07) is 5.75. The molecule has 0 aliphatic rings. The van der Waals surface area contributed by atoms with Crippen molar-refractivity contribution in [3.8, 4) is 11.9 Å². The summed E-state index contributed by atoms with van der Waals surface area (Å²) in [6.45, 7) is 5.68. The summed E-state index contributed by atoms with van der Waals surface area (Å²) in [7, 11) is 0. The predicted molar refractivity (Wildman–Crippen MR) is 115 cm³/mol. The summed E-state index contributed by atoms with van der Waals surface area (Å²) in [5, 5.41) is 28.4. The van der Waals surface area contributed by atoms with Crippen molar-refractivity contribution >= 4 is 22.4 Å². The molecule has 0 bridgehead atoms. The van der Waals surface area contributed by atoms with Gasteiger partial charge < -0.3 is 16.2 Å². The Morgan fingerprint density at radius 3 is 2.73 bits per heavy atom. The van der Waals surface area contributed by atoms with Crippen LogP contribution in [0.3, 0.4) is 0 Å². The van der Waals surface area contributed by atoms with E-state index in [4.69, 9.17) is 16.8 Å². The van der Waals surface area contributed by atoms with E-state index in [9.17, 15) is 5.11 Å². The Bertz CT molecular complexity index is 1110. The van der Waals surface area contributed by atoms with Gasteiger partial charge in [-0.05, 0) is 26.8 Å². The number of nitrogens with two attached hydrogens (primary N) is 2. The molecular formula is C20H25N9O. The van der Waals surface area contributed by atoms with E-state index in [1.807, 2.05) is 19.9 Å². The number of rotatable bonds is 7. The van der Waals surface area contributed by atoms with Crippen LogP contribution in [0.15, 0.2) is 42.6 Å². The molecule has 30 heavy (non-hydrogen) atoms. The molecule has 0 aliphatic carbocycles. The van der Waals surface area contributed by atoms with Crippen molar-refractivity contribution in [3.63, 3.8) is 0 Å². The summed E-state index contributed by atoms with van der Waals surface area (Å²) in [5.41, 5.74) is 8.80. The van der Waals surface area contributed by atoms with Crippen LogP contribution in [0.5, 0.6) is 0 Å². The van der Waals surface area contributed by atoms with Gasteiger partial charge in [0.2, 0.25) is 0 Å². The SMILES string of the molecule is CC(O)C/C(N)=C/N(N)c1cnc(-n2ncc3cc(C#N)cnc32)cc1NC(C)C. The van der Waals surface area contributed by atoms with Gasteiger partial charge in [-0.15, -0.1) is 0 Å². The second-order valence-corrected chi connectivity index (χ2v) is 7.33. The number of aromatic nitrogens is 4. The first-order chi connectivity index (χ1) is 14.3. The number of nitrogens with one attached hydrogen (secondary N) is 1. The summed E-state index contributed by atoms with van der Waals surface area (Å²) >= 11 is 0. The number of pyridine rings is 2. The summed E-state index contributed by atoms with van der Waals surface area (Å²) in [4.78, 5) is 8.82. The molecule has 1 atom stereocenters. The number of nitrogens with zero attached hydrogens (tertiary/aromatic N) is 6. The maximum atomic E-state index is 9.50. The summed E-state index contributed by atoms with van der Waals surface area (Å²) < 4.78 is 1.60. The zero-order valence-electron chi connectivity index (χ0n) is 17.1. The average Bonchev–Trinajstić information content (AvgIpc) is 3.09. The maximum absolute atomic E-state index is 9.50. The average molecular weight is 407 g/mol. The molecule has 0 radical (unpaired) electrons. The third-order valence-electron chi connectivity index (χ3n) is 4.18. The molecule has 10 nitrogen and oxygen atoms in total. The molecule has 3 rings (SSSR count). The lowest BCUT2D eigenvalue weighted by Crippen LogP contribution is -2.28. The van der Waals surface area contributed by atoms with E-state index in [0.29, 0.717) is 34.8 Å². The van der Waals surface area contributed by atoms with Gasteiger partial charge in [0, 0.05) is 42.0 Å². The Morgan fingerprint density at radius 1 is 1.30 bits per heavy atom. The molecule has 0 aromatic carbocycles. The molecule has 0 saturated carbocycles. The van der Waals surface area contributed by atoms with Crippen molar-refractivity contribution in [2.24, 2.45) is 11.6 Å². The fourth-order valence-corrected chi connectivity index (χ4v) is 2.98. The Balaban J connectivity index is 2.02. The van der Waals surface area contributed by atoms with Crippen molar-refractivity contribution in [2.45, 2.75) is 39.3 Å². The van der Waals surface area contributed by atoms with Crippen LogP contribution in [0.4, 0.5) is 11.4 Å². The van der Waals surface area contributed by atoms with Gasteiger partial charge in [-0.2, -0.15) is 15.0 Å². The van der Waals surface area contributed by atoms with Crippen LogP contribution in [0.1, 0.15) is 32.8 Å². The molecule has 3 aromatic heterocycles. The van der Waals surface area contributed by atoms with E-state index < -0.39 is 6.10 Å². The fraction of sp³-hybridized carbons (Fsp3) is 0.300. The third kappa shape index (κ3) is 4.65. The summed E-state index contributed by atoms with van der Waals surface area (Å²) in [5.74, 6) is 6.73. The second kappa shape index (κ2) is 8.77. The quantitative estimate of drug-likeness (QED) is 0.338. The third-order valence-corrected chi connectivity index (χ3v) is 4.18. The number of hydrogen-bond acceptors (Lipinski definition) is 9. The van der Waals surface area contributed by atoms with Crippen molar-refractivity contribution in [1.29, 1.82) is 5.26 Å². The van der Waals surface area contributed by atoms with Crippen molar-refractivity contribution in [3.05, 3.63) is 48.2 Å². The minimum absolute atomic E-state index is 0.136. The molecule has 0 amide bonds. The highest BCUT2D eigenvalue weighted by Gasteiger charge is 2.14. The normalized spacial score (nSPS) is 12.8. The Kier molecular flexibility index (Phi) is 6.15. The number of anilines is 2. The van der Waals surface area contributed by atoms with E-state index in [2.05, 4.69) is 26.5 Å². The van der Waals surface area contributed by atoms with Crippen molar-refractivity contribution in [2.75, 3.05) is 10.3 Å². The molecule has 156 valence electrons. The topological polar surface area (TPSA) is 155 Å². The molecule has 6 N–H and O–H groups in total. The summed E-state index contributed by atoms with van der Waals surface area (Å²) in [6.07, 6.45) is 6.06. The van der Waals surface area contributed by atoms with Gasteiger partial charge in [-0.25, -0.2) is 15.8 Å². The van der Waals surface area contributed by atoms with E-state index >= 15 is 0 Å². The molecule has 0 spiro atoms. The molecular weight excluding hydrogens is 382 g/mol. The Hall–Kier alpha value is -3.68. The van der Waals surface area contributed by atoms with Crippen LogP contribution < -0.4 is 21.9 Å². The smallest absolute Gasteiger partial charge is 0.164 e. The fourth-order valence-electron chi connectivity index (χ4n) is 2.98. The maximum Gasteiger partial charge on any atom is 0.164 e. The molecule has 0 saturated heterocycles. The van der Waals surface area contributed by atoms with Crippen LogP contribution >= 0.6 is 0 Å². The van der Waals surface area contributed by atoms with Crippen LogP contribution in [0.2, 0.25) is 0 Å². The van der Waals surface area contributed by atoms with E-state index in [1.165, 1.54) is 11.2 Å². The number of hydrazine groups is 1. The molecule has 0 aliphatic heterocycles. The van der Waals surface area contributed by atoms with Crippen molar-refractivity contribution in [1.82, 2.24) is 19.7 Å². The molecule has 3 aromatic rings. The van der Waals surface area contributed by atoms with Gasteiger partial charge in [-0.1, -0.05) is 0 Å². The molecule has 3 heterocycles.